The quantitative estimate of drug-likeness (QED) is 0.485. The van der Waals surface area contributed by atoms with Gasteiger partial charge in [-0.2, -0.15) is 0 Å². The lowest BCUT2D eigenvalue weighted by atomic mass is 10.1. The first-order valence-corrected chi connectivity index (χ1v) is 2.73. The Hall–Kier alpha value is -1.20. The molecule has 1 nitrogen and oxygen atoms in total. The average molecular weight is 120 g/mol. The van der Waals surface area contributed by atoms with Crippen LogP contribution in [-0.4, -0.2) is 5.11 Å². The highest BCUT2D eigenvalue weighted by Gasteiger charge is 2.01. The minimum Gasteiger partial charge on any atom is -0.507 e. The molecule has 0 saturated heterocycles. The third-order valence-electron chi connectivity index (χ3n) is 1.24. The van der Waals surface area contributed by atoms with E-state index in [1.807, 2.05) is 6.92 Å². The zero-order valence-electron chi connectivity index (χ0n) is 5.31. The summed E-state index contributed by atoms with van der Waals surface area (Å²) in [5.74, 6) is 0.272. The molecule has 1 aliphatic carbocycles. The maximum absolute atomic E-state index is 9.12. The summed E-state index contributed by atoms with van der Waals surface area (Å²) in [5.41, 5.74) is 4.30. The highest BCUT2D eigenvalue weighted by Crippen LogP contribution is 2.14. The molecule has 0 spiro atoms. The van der Waals surface area contributed by atoms with Gasteiger partial charge in [-0.05, 0) is 24.6 Å². The second-order valence-corrected chi connectivity index (χ2v) is 2.01. The van der Waals surface area contributed by atoms with Crippen LogP contribution in [0, 0.1) is 0 Å². The second kappa shape index (κ2) is 1.96. The van der Waals surface area contributed by atoms with Crippen molar-refractivity contribution >= 4 is 0 Å². The summed E-state index contributed by atoms with van der Waals surface area (Å²) >= 11 is 0. The van der Waals surface area contributed by atoms with Gasteiger partial charge in [0.25, 0.3) is 0 Å². The van der Waals surface area contributed by atoms with Crippen LogP contribution in [0.15, 0.2) is 41.4 Å². The van der Waals surface area contributed by atoms with Gasteiger partial charge in [0.15, 0.2) is 0 Å². The predicted molar refractivity (Wildman–Crippen MR) is 37.1 cm³/mol. The van der Waals surface area contributed by atoms with E-state index in [9.17, 15) is 0 Å². The van der Waals surface area contributed by atoms with Crippen molar-refractivity contribution in [2.24, 2.45) is 0 Å². The first-order valence-electron chi connectivity index (χ1n) is 2.73. The molecular formula is C8H8O. The summed E-state index contributed by atoms with van der Waals surface area (Å²) in [6.45, 7) is 5.42. The van der Waals surface area contributed by atoms with Gasteiger partial charge in [0.05, 0.1) is 0 Å². The van der Waals surface area contributed by atoms with Crippen LogP contribution >= 0.6 is 0 Å². The fourth-order valence-corrected chi connectivity index (χ4v) is 0.657. The summed E-state index contributed by atoms with van der Waals surface area (Å²) in [7, 11) is 0. The van der Waals surface area contributed by atoms with Crippen molar-refractivity contribution in [3.8, 4) is 0 Å². The standard InChI is InChI=1S/C8H8O/c1-6-4-3-5-7(2)8(6)9/h4-5,9H,1H2,2H3. The molecule has 1 N–H and O–H groups in total. The normalized spacial score (nSPS) is 17.2. The Morgan fingerprint density at radius 3 is 2.67 bits per heavy atom. The van der Waals surface area contributed by atoms with Crippen molar-refractivity contribution in [3.05, 3.63) is 41.4 Å². The average Bonchev–Trinajstić information content (AvgIpc) is 1.83. The molecule has 0 heterocycles. The molecule has 0 fully saturated rings. The number of rotatable bonds is 0. The molecule has 1 heteroatoms. The van der Waals surface area contributed by atoms with Crippen LogP contribution in [0.2, 0.25) is 0 Å². The van der Waals surface area contributed by atoms with Crippen LogP contribution in [0.1, 0.15) is 6.92 Å². The topological polar surface area (TPSA) is 20.2 Å². The predicted octanol–water partition coefficient (Wildman–Crippen LogP) is 2.10. The van der Waals surface area contributed by atoms with Crippen molar-refractivity contribution in [2.75, 3.05) is 0 Å². The van der Waals surface area contributed by atoms with E-state index in [0.29, 0.717) is 5.57 Å². The van der Waals surface area contributed by atoms with E-state index in [2.05, 4.69) is 12.3 Å². The van der Waals surface area contributed by atoms with Gasteiger partial charge in [-0.25, -0.2) is 0 Å². The lowest BCUT2D eigenvalue weighted by molar-refractivity contribution is 0.421. The van der Waals surface area contributed by atoms with Crippen molar-refractivity contribution < 1.29 is 5.11 Å². The highest BCUT2D eigenvalue weighted by atomic mass is 16.3. The Bertz CT molecular complexity index is 233. The van der Waals surface area contributed by atoms with E-state index in [-0.39, 0.29) is 5.76 Å². The Kier molecular flexibility index (Phi) is 1.29. The summed E-state index contributed by atoms with van der Waals surface area (Å²) < 4.78 is 0. The summed E-state index contributed by atoms with van der Waals surface area (Å²) in [5, 5.41) is 9.12. The molecule has 1 rings (SSSR count). The van der Waals surface area contributed by atoms with Crippen molar-refractivity contribution in [2.45, 2.75) is 6.92 Å². The number of allylic oxidation sites excluding steroid dienone is 2. The molecule has 0 bridgehead atoms. The van der Waals surface area contributed by atoms with Gasteiger partial charge in [0, 0.05) is 5.57 Å². The molecule has 46 valence electrons. The molecule has 0 radical (unpaired) electrons. The number of aliphatic hydroxyl groups excluding tert-OH is 1. The second-order valence-electron chi connectivity index (χ2n) is 2.01. The number of hydrogen-bond donors (Lipinski definition) is 1. The fourth-order valence-electron chi connectivity index (χ4n) is 0.657. The number of aliphatic hydroxyl groups is 1. The Labute approximate surface area is 54.3 Å². The first kappa shape index (κ1) is 5.93. The van der Waals surface area contributed by atoms with Crippen LogP contribution in [0.3, 0.4) is 0 Å². The van der Waals surface area contributed by atoms with Gasteiger partial charge in [-0.1, -0.05) is 6.58 Å². The lowest BCUT2D eigenvalue weighted by Crippen LogP contribution is -1.89. The highest BCUT2D eigenvalue weighted by molar-refractivity contribution is 5.42. The Balaban J connectivity index is 3.16. The van der Waals surface area contributed by atoms with E-state index < -0.39 is 0 Å². The first-order chi connectivity index (χ1) is 4.22. The molecule has 0 aliphatic heterocycles. The largest absolute Gasteiger partial charge is 0.507 e. The minimum atomic E-state index is 0.272. The van der Waals surface area contributed by atoms with Gasteiger partial charge >= 0.3 is 0 Å². The third kappa shape index (κ3) is 0.956. The Morgan fingerprint density at radius 1 is 1.56 bits per heavy atom. The third-order valence-corrected chi connectivity index (χ3v) is 1.24. The lowest BCUT2D eigenvalue weighted by Gasteiger charge is -2.02. The zero-order chi connectivity index (χ0) is 6.85. The molecule has 0 atom stereocenters. The molecular weight excluding hydrogens is 112 g/mol. The van der Waals surface area contributed by atoms with Gasteiger partial charge in [0.2, 0.25) is 0 Å². The van der Waals surface area contributed by atoms with Crippen molar-refractivity contribution in [3.63, 3.8) is 0 Å². The summed E-state index contributed by atoms with van der Waals surface area (Å²) in [6, 6.07) is 0. The van der Waals surface area contributed by atoms with Crippen LogP contribution < -0.4 is 0 Å². The van der Waals surface area contributed by atoms with E-state index in [1.165, 1.54) is 0 Å². The molecule has 0 aromatic heterocycles. The van der Waals surface area contributed by atoms with Gasteiger partial charge in [0.1, 0.15) is 5.76 Å². The zero-order valence-corrected chi connectivity index (χ0v) is 5.31. The SMILES string of the molecule is C=C1C=C=CC(C)=C1O. The van der Waals surface area contributed by atoms with E-state index in [0.717, 1.165) is 5.57 Å². The van der Waals surface area contributed by atoms with Crippen molar-refractivity contribution in [1.29, 1.82) is 0 Å². The van der Waals surface area contributed by atoms with Gasteiger partial charge < -0.3 is 5.11 Å². The summed E-state index contributed by atoms with van der Waals surface area (Å²) in [6.07, 6.45) is 3.38. The maximum atomic E-state index is 9.12. The van der Waals surface area contributed by atoms with E-state index in [1.54, 1.807) is 12.2 Å². The van der Waals surface area contributed by atoms with E-state index in [4.69, 9.17) is 5.11 Å². The molecule has 1 aliphatic rings. The van der Waals surface area contributed by atoms with Crippen molar-refractivity contribution in [1.82, 2.24) is 0 Å². The summed E-state index contributed by atoms with van der Waals surface area (Å²) in [4.78, 5) is 0. The molecule has 0 aromatic rings. The molecule has 9 heavy (non-hydrogen) atoms. The van der Waals surface area contributed by atoms with Gasteiger partial charge in [-0.15, -0.1) is 5.73 Å². The molecule has 0 saturated carbocycles. The van der Waals surface area contributed by atoms with Crippen LogP contribution in [-0.2, 0) is 0 Å². The van der Waals surface area contributed by atoms with E-state index >= 15 is 0 Å². The molecule has 0 amide bonds. The molecule has 0 unspecified atom stereocenters. The minimum absolute atomic E-state index is 0.272. The van der Waals surface area contributed by atoms with Crippen LogP contribution in [0.5, 0.6) is 0 Å². The molecule has 0 aromatic carbocycles. The Morgan fingerprint density at radius 2 is 2.22 bits per heavy atom. The van der Waals surface area contributed by atoms with Crippen LogP contribution in [0.25, 0.3) is 0 Å². The number of hydrogen-bond acceptors (Lipinski definition) is 1. The fraction of sp³-hybridized carbons (Fsp3) is 0.125. The maximum Gasteiger partial charge on any atom is 0.126 e. The van der Waals surface area contributed by atoms with Crippen LogP contribution in [0.4, 0.5) is 0 Å². The van der Waals surface area contributed by atoms with Gasteiger partial charge in [-0.3, -0.25) is 0 Å². The monoisotopic (exact) mass is 120 g/mol. The smallest absolute Gasteiger partial charge is 0.126 e.